The summed E-state index contributed by atoms with van der Waals surface area (Å²) in [5, 5.41) is 0. The third-order valence-electron chi connectivity index (χ3n) is 6.10. The normalized spacial score (nSPS) is 14.5. The molecule has 0 saturated carbocycles. The van der Waals surface area contributed by atoms with Crippen molar-refractivity contribution >= 4 is 16.7 Å². The van der Waals surface area contributed by atoms with Gasteiger partial charge in [0.1, 0.15) is 24.3 Å². The van der Waals surface area contributed by atoms with E-state index >= 15 is 0 Å². The number of imidazole rings is 1. The third kappa shape index (κ3) is 3.59. The Labute approximate surface area is 180 Å². The summed E-state index contributed by atoms with van der Waals surface area (Å²) < 4.78 is 26.8. The van der Waals surface area contributed by atoms with Crippen LogP contribution in [0.3, 0.4) is 0 Å². The molecule has 0 spiro atoms. The molecule has 5 rings (SSSR count). The number of hydrogen-bond acceptors (Lipinski definition) is 5. The first-order valence-corrected chi connectivity index (χ1v) is 10.5. The molecule has 3 heterocycles. The molecule has 1 saturated heterocycles. The molecule has 0 bridgehead atoms. The zero-order valence-electron chi connectivity index (χ0n) is 17.8. The molecule has 0 amide bonds. The van der Waals surface area contributed by atoms with Crippen molar-refractivity contribution in [2.24, 2.45) is 0 Å². The molecular formula is C24H25FN4O2. The van der Waals surface area contributed by atoms with Crippen LogP contribution in [0, 0.1) is 13.8 Å². The molecule has 0 radical (unpaired) electrons. The molecule has 31 heavy (non-hydrogen) atoms. The smallest absolute Gasteiger partial charge is 0.228 e. The van der Waals surface area contributed by atoms with E-state index in [1.54, 1.807) is 12.5 Å². The molecule has 1 fully saturated rings. The number of nitrogens with zero attached hydrogens (tertiary/aromatic N) is 4. The van der Waals surface area contributed by atoms with E-state index in [1.165, 1.54) is 0 Å². The zero-order valence-corrected chi connectivity index (χ0v) is 17.8. The van der Waals surface area contributed by atoms with Crippen LogP contribution < -0.4 is 4.90 Å². The van der Waals surface area contributed by atoms with Crippen LogP contribution in [0.4, 0.5) is 10.1 Å². The summed E-state index contributed by atoms with van der Waals surface area (Å²) in [5.74, 6) is 1.45. The first-order chi connectivity index (χ1) is 15.2. The van der Waals surface area contributed by atoms with Crippen molar-refractivity contribution in [2.75, 3.05) is 31.2 Å². The number of rotatable bonds is 5. The number of oxazole rings is 1. The van der Waals surface area contributed by atoms with Crippen LogP contribution in [0.1, 0.15) is 22.5 Å². The Morgan fingerprint density at radius 3 is 2.65 bits per heavy atom. The van der Waals surface area contributed by atoms with Gasteiger partial charge in [0.05, 0.1) is 30.5 Å². The monoisotopic (exact) mass is 420 g/mol. The van der Waals surface area contributed by atoms with Crippen molar-refractivity contribution in [1.82, 2.24) is 14.5 Å². The molecule has 0 aliphatic carbocycles. The topological polar surface area (TPSA) is 56.3 Å². The van der Waals surface area contributed by atoms with E-state index in [0.717, 1.165) is 57.9 Å². The standard InChI is InChI=1S/C24H25FN4O2/c1-16-18(14-25)4-3-5-19(16)15-29-17(2)27-23-21(24-26-6-9-31-24)12-20(13-22(23)29)28-7-10-30-11-8-28/h3-6,9,12-13H,7-8,10-11,14-15H2,1-2H3. The van der Waals surface area contributed by atoms with Gasteiger partial charge in [-0.2, -0.15) is 0 Å². The molecule has 160 valence electrons. The summed E-state index contributed by atoms with van der Waals surface area (Å²) >= 11 is 0. The second kappa shape index (κ2) is 8.15. The minimum Gasteiger partial charge on any atom is -0.444 e. The number of aromatic nitrogens is 3. The lowest BCUT2D eigenvalue weighted by atomic mass is 10.0. The van der Waals surface area contributed by atoms with Crippen LogP contribution in [0.25, 0.3) is 22.5 Å². The second-order valence-electron chi connectivity index (χ2n) is 7.88. The van der Waals surface area contributed by atoms with Crippen LogP contribution in [0.15, 0.2) is 47.2 Å². The van der Waals surface area contributed by atoms with E-state index in [-0.39, 0.29) is 0 Å². The Bertz CT molecular complexity index is 1210. The average molecular weight is 420 g/mol. The van der Waals surface area contributed by atoms with Crippen molar-refractivity contribution < 1.29 is 13.5 Å². The highest BCUT2D eigenvalue weighted by Crippen LogP contribution is 2.34. The Kier molecular flexibility index (Phi) is 5.19. The summed E-state index contributed by atoms with van der Waals surface area (Å²) in [4.78, 5) is 11.6. The van der Waals surface area contributed by atoms with Gasteiger partial charge in [-0.1, -0.05) is 18.2 Å². The maximum absolute atomic E-state index is 13.4. The summed E-state index contributed by atoms with van der Waals surface area (Å²) in [5.41, 5.74) is 6.65. The predicted octanol–water partition coefficient (Wildman–Crippen LogP) is 4.66. The Balaban J connectivity index is 1.67. The van der Waals surface area contributed by atoms with E-state index in [9.17, 15) is 4.39 Å². The SMILES string of the molecule is Cc1c(CF)cccc1Cn1c(C)nc2c(-c3ncco3)cc(N3CCOCC3)cc21. The van der Waals surface area contributed by atoms with Gasteiger partial charge in [-0.05, 0) is 42.7 Å². The summed E-state index contributed by atoms with van der Waals surface area (Å²) in [6.45, 7) is 7.24. The van der Waals surface area contributed by atoms with E-state index < -0.39 is 6.67 Å². The number of anilines is 1. The molecule has 0 atom stereocenters. The van der Waals surface area contributed by atoms with Gasteiger partial charge in [0.25, 0.3) is 0 Å². The first-order valence-electron chi connectivity index (χ1n) is 10.5. The summed E-state index contributed by atoms with van der Waals surface area (Å²) in [7, 11) is 0. The fourth-order valence-corrected chi connectivity index (χ4v) is 4.27. The summed E-state index contributed by atoms with van der Waals surface area (Å²) in [6.07, 6.45) is 3.23. The van der Waals surface area contributed by atoms with Gasteiger partial charge in [-0.3, -0.25) is 0 Å². The number of ether oxygens (including phenoxy) is 1. The molecule has 4 aromatic rings. The van der Waals surface area contributed by atoms with Gasteiger partial charge in [0.15, 0.2) is 0 Å². The maximum Gasteiger partial charge on any atom is 0.228 e. The van der Waals surface area contributed by atoms with E-state index in [4.69, 9.17) is 14.1 Å². The van der Waals surface area contributed by atoms with Crippen molar-refractivity contribution in [1.29, 1.82) is 0 Å². The number of alkyl halides is 1. The van der Waals surface area contributed by atoms with Crippen LogP contribution >= 0.6 is 0 Å². The van der Waals surface area contributed by atoms with Crippen LogP contribution in [0.2, 0.25) is 0 Å². The lowest BCUT2D eigenvalue weighted by molar-refractivity contribution is 0.122. The minimum atomic E-state index is -0.460. The molecule has 1 aliphatic heterocycles. The van der Waals surface area contributed by atoms with Gasteiger partial charge in [0, 0.05) is 25.3 Å². The first kappa shape index (κ1) is 19.8. The molecular weight excluding hydrogens is 395 g/mol. The third-order valence-corrected chi connectivity index (χ3v) is 6.10. The number of hydrogen-bond donors (Lipinski definition) is 0. The quantitative estimate of drug-likeness (QED) is 0.470. The highest BCUT2D eigenvalue weighted by atomic mass is 19.1. The zero-order chi connectivity index (χ0) is 21.4. The Morgan fingerprint density at radius 1 is 1.10 bits per heavy atom. The number of halogens is 1. The van der Waals surface area contributed by atoms with Crippen LogP contribution in [0.5, 0.6) is 0 Å². The van der Waals surface area contributed by atoms with Gasteiger partial charge < -0.3 is 18.6 Å². The lowest BCUT2D eigenvalue weighted by Crippen LogP contribution is -2.36. The lowest BCUT2D eigenvalue weighted by Gasteiger charge is -2.29. The van der Waals surface area contributed by atoms with Gasteiger partial charge in [-0.15, -0.1) is 0 Å². The Morgan fingerprint density at radius 2 is 1.90 bits per heavy atom. The van der Waals surface area contributed by atoms with Gasteiger partial charge in [0.2, 0.25) is 5.89 Å². The fourth-order valence-electron chi connectivity index (χ4n) is 4.27. The Hall–Kier alpha value is -3.19. The highest BCUT2D eigenvalue weighted by Gasteiger charge is 2.20. The largest absolute Gasteiger partial charge is 0.444 e. The van der Waals surface area contributed by atoms with E-state index in [1.807, 2.05) is 26.0 Å². The molecule has 6 nitrogen and oxygen atoms in total. The molecule has 1 aliphatic rings. The molecule has 0 N–H and O–H groups in total. The van der Waals surface area contributed by atoms with E-state index in [0.29, 0.717) is 25.6 Å². The van der Waals surface area contributed by atoms with Crippen LogP contribution in [-0.2, 0) is 18.0 Å². The molecule has 7 heteroatoms. The van der Waals surface area contributed by atoms with Crippen molar-refractivity contribution in [2.45, 2.75) is 27.1 Å². The fraction of sp³-hybridized carbons (Fsp3) is 0.333. The number of morpholine rings is 1. The molecule has 0 unspecified atom stereocenters. The maximum atomic E-state index is 13.4. The molecule has 2 aromatic carbocycles. The number of benzene rings is 2. The molecule has 2 aromatic heterocycles. The van der Waals surface area contributed by atoms with E-state index in [2.05, 4.69) is 32.7 Å². The van der Waals surface area contributed by atoms with Crippen molar-refractivity contribution in [3.63, 3.8) is 0 Å². The predicted molar refractivity (Wildman–Crippen MR) is 118 cm³/mol. The van der Waals surface area contributed by atoms with Gasteiger partial charge >= 0.3 is 0 Å². The number of fused-ring (bicyclic) bond motifs is 1. The summed E-state index contributed by atoms with van der Waals surface area (Å²) in [6, 6.07) is 10.1. The van der Waals surface area contributed by atoms with Crippen molar-refractivity contribution in [3.8, 4) is 11.5 Å². The average Bonchev–Trinajstić information content (AvgIpc) is 3.44. The second-order valence-corrected chi connectivity index (χ2v) is 7.88. The highest BCUT2D eigenvalue weighted by molar-refractivity contribution is 5.93. The van der Waals surface area contributed by atoms with Gasteiger partial charge in [-0.25, -0.2) is 14.4 Å². The minimum absolute atomic E-state index is 0.460. The van der Waals surface area contributed by atoms with Crippen molar-refractivity contribution in [3.05, 3.63) is 65.3 Å². The van der Waals surface area contributed by atoms with Crippen LogP contribution in [-0.4, -0.2) is 40.8 Å². The number of aryl methyl sites for hydroxylation is 1.